The van der Waals surface area contributed by atoms with Gasteiger partial charge >= 0.3 is 0 Å². The molecule has 0 amide bonds. The van der Waals surface area contributed by atoms with Crippen LogP contribution in [0.25, 0.3) is 55.3 Å². The van der Waals surface area contributed by atoms with E-state index in [1.807, 2.05) is 0 Å². The van der Waals surface area contributed by atoms with E-state index in [2.05, 4.69) is 264 Å². The van der Waals surface area contributed by atoms with E-state index in [0.717, 1.165) is 35.6 Å². The van der Waals surface area contributed by atoms with E-state index in [4.69, 9.17) is 0 Å². The average molecular weight is 891 g/mol. The zero-order valence-corrected chi connectivity index (χ0v) is 38.6. The minimum Gasteiger partial charge on any atom is -0.310 e. The van der Waals surface area contributed by atoms with Gasteiger partial charge in [0.2, 0.25) is 0 Å². The molecule has 15 rings (SSSR count). The molecule has 0 N–H and O–H groups in total. The number of para-hydroxylation sites is 2. The van der Waals surface area contributed by atoms with Crippen LogP contribution < -0.4 is 4.90 Å². The lowest BCUT2D eigenvalue weighted by Gasteiger charge is -2.35. The Bertz CT molecular complexity index is 3960. The van der Waals surface area contributed by atoms with Crippen LogP contribution in [0.3, 0.4) is 0 Å². The molecule has 0 radical (unpaired) electrons. The van der Waals surface area contributed by atoms with E-state index >= 15 is 0 Å². The highest BCUT2D eigenvalue weighted by atomic mass is 15.1. The van der Waals surface area contributed by atoms with Gasteiger partial charge in [0, 0.05) is 33.4 Å². The molecule has 11 aromatic rings. The molecule has 1 heterocycles. The maximum atomic E-state index is 2.57. The van der Waals surface area contributed by atoms with Crippen LogP contribution in [-0.2, 0) is 10.8 Å². The second-order valence-corrected chi connectivity index (χ2v) is 19.4. The summed E-state index contributed by atoms with van der Waals surface area (Å²) in [6.07, 6.45) is 6.85. The molecule has 1 atom stereocenters. The summed E-state index contributed by atoms with van der Waals surface area (Å²) >= 11 is 0. The molecule has 1 spiro atoms. The summed E-state index contributed by atoms with van der Waals surface area (Å²) in [6.45, 7) is 0. The molecule has 10 aromatic carbocycles. The number of benzene rings is 10. The first-order chi connectivity index (χ1) is 34.8. The quantitative estimate of drug-likeness (QED) is 0.161. The van der Waals surface area contributed by atoms with Crippen molar-refractivity contribution in [3.8, 4) is 27.9 Å². The molecule has 0 saturated heterocycles. The number of nitrogens with zero attached hydrogens (tertiary/aromatic N) is 2. The molecule has 328 valence electrons. The smallest absolute Gasteiger partial charge is 0.0714 e. The normalized spacial score (nSPS) is 16.5. The molecule has 4 aliphatic rings. The highest BCUT2D eigenvalue weighted by Gasteiger charge is 2.53. The predicted octanol–water partition coefficient (Wildman–Crippen LogP) is 17.0. The number of fused-ring (bicyclic) bond motifs is 15. The van der Waals surface area contributed by atoms with Crippen molar-refractivity contribution in [2.45, 2.75) is 23.7 Å². The maximum Gasteiger partial charge on any atom is 0.0714 e. The number of allylic oxidation sites excluding steroid dienone is 4. The lowest BCUT2D eigenvalue weighted by atomic mass is 9.68. The van der Waals surface area contributed by atoms with Gasteiger partial charge in [-0.15, -0.1) is 0 Å². The second kappa shape index (κ2) is 14.9. The summed E-state index contributed by atoms with van der Waals surface area (Å²) in [7, 11) is 0. The minimum absolute atomic E-state index is 0.345. The van der Waals surface area contributed by atoms with Gasteiger partial charge in [0.15, 0.2) is 0 Å². The third-order valence-corrected chi connectivity index (χ3v) is 16.2. The number of aromatic nitrogens is 1. The van der Waals surface area contributed by atoms with Crippen molar-refractivity contribution < 1.29 is 0 Å². The van der Waals surface area contributed by atoms with Crippen molar-refractivity contribution in [1.29, 1.82) is 0 Å². The maximum absolute atomic E-state index is 2.57. The molecule has 0 saturated carbocycles. The van der Waals surface area contributed by atoms with Crippen molar-refractivity contribution in [3.05, 3.63) is 305 Å². The van der Waals surface area contributed by atoms with Crippen molar-refractivity contribution in [2.75, 3.05) is 4.90 Å². The van der Waals surface area contributed by atoms with Crippen molar-refractivity contribution in [2.24, 2.45) is 0 Å². The van der Waals surface area contributed by atoms with E-state index in [1.165, 1.54) is 99.7 Å². The molecule has 2 heteroatoms. The summed E-state index contributed by atoms with van der Waals surface area (Å²) in [4.78, 5) is 2.57. The van der Waals surface area contributed by atoms with Gasteiger partial charge in [-0.25, -0.2) is 0 Å². The van der Waals surface area contributed by atoms with E-state index in [-0.39, 0.29) is 5.41 Å². The lowest BCUT2D eigenvalue weighted by Crippen LogP contribution is -2.28. The SMILES string of the molecule is C1=CC2=C(CC1)C1(c3ccccc32)c2ccccc2-c2cc(N(c3ccc4c(c3)c3ccccc3n4-c3ccccc3)c3cccc4c3-c3ccccc3C4(c3ccccc3)c3ccccc3)ccc21. The lowest BCUT2D eigenvalue weighted by molar-refractivity contribution is 0.714. The first-order valence-corrected chi connectivity index (χ1v) is 24.7. The van der Waals surface area contributed by atoms with Crippen molar-refractivity contribution >= 4 is 44.4 Å². The van der Waals surface area contributed by atoms with Crippen LogP contribution in [-0.4, -0.2) is 4.57 Å². The molecule has 1 aromatic heterocycles. The Labute approximate surface area is 408 Å². The van der Waals surface area contributed by atoms with Gasteiger partial charge in [0.05, 0.1) is 27.6 Å². The monoisotopic (exact) mass is 890 g/mol. The number of anilines is 3. The molecule has 70 heavy (non-hydrogen) atoms. The Morgan fingerprint density at radius 2 is 0.943 bits per heavy atom. The van der Waals surface area contributed by atoms with Crippen LogP contribution >= 0.6 is 0 Å². The van der Waals surface area contributed by atoms with Gasteiger partial charge in [-0.2, -0.15) is 0 Å². The largest absolute Gasteiger partial charge is 0.310 e. The van der Waals surface area contributed by atoms with Gasteiger partial charge in [0.25, 0.3) is 0 Å². The summed E-state index contributed by atoms with van der Waals surface area (Å²) in [5.41, 5.74) is 24.7. The fourth-order valence-corrected chi connectivity index (χ4v) is 13.6. The van der Waals surface area contributed by atoms with Gasteiger partial charge in [-0.05, 0) is 140 Å². The Morgan fingerprint density at radius 3 is 1.70 bits per heavy atom. The number of hydrogen-bond donors (Lipinski definition) is 0. The average Bonchev–Trinajstić information content (AvgIpc) is 4.13. The number of hydrogen-bond acceptors (Lipinski definition) is 1. The van der Waals surface area contributed by atoms with Crippen LogP contribution in [0.5, 0.6) is 0 Å². The van der Waals surface area contributed by atoms with Crippen molar-refractivity contribution in [3.63, 3.8) is 0 Å². The fraction of sp³-hybridized carbons (Fsp3) is 0.0588. The van der Waals surface area contributed by atoms with Crippen LogP contribution in [0, 0.1) is 0 Å². The molecular formula is C68H46N2. The minimum atomic E-state index is -0.540. The highest BCUT2D eigenvalue weighted by molar-refractivity contribution is 6.11. The van der Waals surface area contributed by atoms with E-state index in [9.17, 15) is 0 Å². The Morgan fingerprint density at radius 1 is 0.386 bits per heavy atom. The van der Waals surface area contributed by atoms with Crippen LogP contribution in [0.4, 0.5) is 17.1 Å². The zero-order chi connectivity index (χ0) is 46.0. The second-order valence-electron chi connectivity index (χ2n) is 19.4. The molecule has 0 bridgehead atoms. The van der Waals surface area contributed by atoms with Gasteiger partial charge < -0.3 is 9.47 Å². The van der Waals surface area contributed by atoms with Crippen LogP contribution in [0.15, 0.2) is 260 Å². The third kappa shape index (κ3) is 5.12. The van der Waals surface area contributed by atoms with Crippen LogP contribution in [0.1, 0.15) is 57.3 Å². The molecular weight excluding hydrogens is 845 g/mol. The third-order valence-electron chi connectivity index (χ3n) is 16.2. The summed E-state index contributed by atoms with van der Waals surface area (Å²) in [5.74, 6) is 0. The first-order valence-electron chi connectivity index (χ1n) is 24.7. The van der Waals surface area contributed by atoms with Gasteiger partial charge in [-0.3, -0.25) is 0 Å². The predicted molar refractivity (Wildman–Crippen MR) is 290 cm³/mol. The molecule has 1 unspecified atom stereocenters. The van der Waals surface area contributed by atoms with Gasteiger partial charge in [0.1, 0.15) is 0 Å². The summed E-state index contributed by atoms with van der Waals surface area (Å²) in [5, 5.41) is 2.45. The highest BCUT2D eigenvalue weighted by Crippen LogP contribution is 2.65. The van der Waals surface area contributed by atoms with E-state index in [0.29, 0.717) is 0 Å². The van der Waals surface area contributed by atoms with Crippen LogP contribution in [0.2, 0.25) is 0 Å². The van der Waals surface area contributed by atoms with Crippen molar-refractivity contribution in [1.82, 2.24) is 4.57 Å². The summed E-state index contributed by atoms with van der Waals surface area (Å²) in [6, 6.07) is 91.2. The zero-order valence-electron chi connectivity index (χ0n) is 38.6. The Kier molecular flexibility index (Phi) is 8.36. The fourth-order valence-electron chi connectivity index (χ4n) is 13.6. The molecule has 0 aliphatic heterocycles. The van der Waals surface area contributed by atoms with Gasteiger partial charge in [-0.1, -0.05) is 200 Å². The molecule has 0 fully saturated rings. The molecule has 4 aliphatic carbocycles. The Balaban J connectivity index is 1.03. The Hall–Kier alpha value is -8.72. The first kappa shape index (κ1) is 39.3. The standard InChI is InChI=1S/C68H46N2/c1-4-21-45(22-5-1)67(46-23-6-2-7-24-46)60-35-18-13-31-54(60)66-62(67)36-20-38-65(66)69(49-40-42-64-56(44-49)53-30-14-19-37-63(53)70(64)47-25-8-3-9-26-47)48-39-41-61-55(43-48)52-29-12-17-34-59(52)68(61)57-32-15-10-27-50(57)51-28-11-16-33-58(51)68/h1-15,17-32,34-44H,16,33H2. The molecule has 2 nitrogen and oxygen atoms in total. The van der Waals surface area contributed by atoms with E-state index < -0.39 is 5.41 Å². The topological polar surface area (TPSA) is 8.17 Å². The summed E-state index contributed by atoms with van der Waals surface area (Å²) < 4.78 is 2.41. The van der Waals surface area contributed by atoms with E-state index in [1.54, 1.807) is 0 Å². The number of rotatable bonds is 6.